The molecule has 1 saturated heterocycles. The molecule has 0 spiro atoms. The molecule has 1 atom stereocenters. The van der Waals surface area contributed by atoms with E-state index >= 15 is 0 Å². The Morgan fingerprint density at radius 1 is 1.64 bits per heavy atom. The third-order valence-electron chi connectivity index (χ3n) is 3.74. The van der Waals surface area contributed by atoms with Crippen molar-refractivity contribution in [3.05, 3.63) is 34.1 Å². The first kappa shape index (κ1) is 15.1. The zero-order valence-corrected chi connectivity index (χ0v) is 13.5. The molecule has 1 unspecified atom stereocenters. The van der Waals surface area contributed by atoms with Crippen molar-refractivity contribution >= 4 is 17.2 Å². The van der Waals surface area contributed by atoms with Crippen LogP contribution in [0.1, 0.15) is 27.4 Å². The molecule has 0 bridgehead atoms. The zero-order valence-electron chi connectivity index (χ0n) is 12.7. The molecule has 22 heavy (non-hydrogen) atoms. The minimum absolute atomic E-state index is 0.0359. The normalized spacial score (nSPS) is 19.3. The van der Waals surface area contributed by atoms with Gasteiger partial charge in [-0.05, 0) is 18.5 Å². The van der Waals surface area contributed by atoms with Gasteiger partial charge in [-0.2, -0.15) is 4.98 Å². The van der Waals surface area contributed by atoms with E-state index in [1.165, 1.54) is 11.3 Å². The van der Waals surface area contributed by atoms with Crippen LogP contribution in [0.15, 0.2) is 22.0 Å². The summed E-state index contributed by atoms with van der Waals surface area (Å²) in [6.07, 6.45) is 0. The molecule has 0 aromatic carbocycles. The number of rotatable bonds is 4. The molecule has 7 nitrogen and oxygen atoms in total. The Morgan fingerprint density at radius 3 is 3.23 bits per heavy atom. The maximum absolute atomic E-state index is 12.2. The molecule has 0 radical (unpaired) electrons. The first-order valence-corrected chi connectivity index (χ1v) is 8.05. The molecule has 3 heterocycles. The fourth-order valence-electron chi connectivity index (χ4n) is 2.42. The molecule has 1 aliphatic rings. The van der Waals surface area contributed by atoms with Crippen LogP contribution in [-0.2, 0) is 6.54 Å². The lowest BCUT2D eigenvalue weighted by atomic mass is 10.2. The topological polar surface area (TPSA) is 74.5 Å². The van der Waals surface area contributed by atoms with Gasteiger partial charge in [-0.1, -0.05) is 11.2 Å². The molecular formula is C14H19N5O2S. The highest BCUT2D eigenvalue weighted by Crippen LogP contribution is 2.18. The van der Waals surface area contributed by atoms with Crippen molar-refractivity contribution in [1.29, 1.82) is 0 Å². The molecule has 8 heteroatoms. The van der Waals surface area contributed by atoms with E-state index in [0.29, 0.717) is 23.1 Å². The number of amides is 1. The Labute approximate surface area is 132 Å². The number of carbonyl (C=O) groups is 1. The first-order chi connectivity index (χ1) is 10.6. The number of hydrogen-bond acceptors (Lipinski definition) is 7. The van der Waals surface area contributed by atoms with Crippen LogP contribution in [0.25, 0.3) is 0 Å². The molecule has 3 rings (SSSR count). The SMILES string of the molecule is CN(Cc1nc(C2CNCCN2C)no1)C(=O)c1cccs1. The zero-order chi connectivity index (χ0) is 15.5. The Bertz CT molecular complexity index is 627. The van der Waals surface area contributed by atoms with Gasteiger partial charge in [0.05, 0.1) is 10.9 Å². The number of thiophene rings is 1. The second-order valence-electron chi connectivity index (χ2n) is 5.39. The maximum Gasteiger partial charge on any atom is 0.264 e. The van der Waals surface area contributed by atoms with Gasteiger partial charge in [0.1, 0.15) is 6.54 Å². The van der Waals surface area contributed by atoms with Crippen molar-refractivity contribution in [2.45, 2.75) is 12.6 Å². The summed E-state index contributed by atoms with van der Waals surface area (Å²) in [6, 6.07) is 3.79. The van der Waals surface area contributed by atoms with Gasteiger partial charge >= 0.3 is 0 Å². The number of carbonyl (C=O) groups excluding carboxylic acids is 1. The molecule has 0 saturated carbocycles. The highest BCUT2D eigenvalue weighted by atomic mass is 32.1. The number of nitrogens with zero attached hydrogens (tertiary/aromatic N) is 4. The van der Waals surface area contributed by atoms with E-state index in [4.69, 9.17) is 4.52 Å². The van der Waals surface area contributed by atoms with E-state index in [0.717, 1.165) is 19.6 Å². The average Bonchev–Trinajstić information content (AvgIpc) is 3.18. The fraction of sp³-hybridized carbons (Fsp3) is 0.500. The lowest BCUT2D eigenvalue weighted by molar-refractivity contribution is 0.0774. The fourth-order valence-corrected chi connectivity index (χ4v) is 3.14. The van der Waals surface area contributed by atoms with Crippen molar-refractivity contribution in [3.8, 4) is 0 Å². The van der Waals surface area contributed by atoms with E-state index in [-0.39, 0.29) is 11.9 Å². The van der Waals surface area contributed by atoms with Crippen molar-refractivity contribution in [3.63, 3.8) is 0 Å². The highest BCUT2D eigenvalue weighted by molar-refractivity contribution is 7.12. The smallest absolute Gasteiger partial charge is 0.264 e. The maximum atomic E-state index is 12.2. The predicted molar refractivity (Wildman–Crippen MR) is 82.7 cm³/mol. The summed E-state index contributed by atoms with van der Waals surface area (Å²) >= 11 is 1.43. The van der Waals surface area contributed by atoms with Gasteiger partial charge in [-0.25, -0.2) is 0 Å². The predicted octanol–water partition coefficient (Wildman–Crippen LogP) is 0.979. The number of nitrogens with one attached hydrogen (secondary N) is 1. The Hall–Kier alpha value is -1.77. The Balaban J connectivity index is 1.65. The van der Waals surface area contributed by atoms with Crippen LogP contribution in [0, 0.1) is 0 Å². The molecule has 2 aromatic rings. The third kappa shape index (κ3) is 3.18. The lowest BCUT2D eigenvalue weighted by Gasteiger charge is -2.30. The lowest BCUT2D eigenvalue weighted by Crippen LogP contribution is -2.44. The van der Waals surface area contributed by atoms with Gasteiger partial charge in [0.25, 0.3) is 5.91 Å². The molecule has 1 N–H and O–H groups in total. The van der Waals surface area contributed by atoms with Crippen molar-refractivity contribution in [2.75, 3.05) is 33.7 Å². The summed E-state index contributed by atoms with van der Waals surface area (Å²) in [5.74, 6) is 1.09. The summed E-state index contributed by atoms with van der Waals surface area (Å²) in [4.78, 5) is 21.1. The minimum Gasteiger partial charge on any atom is -0.337 e. The summed E-state index contributed by atoms with van der Waals surface area (Å²) in [5.41, 5.74) is 0. The number of likely N-dealkylation sites (N-methyl/N-ethyl adjacent to an activating group) is 1. The van der Waals surface area contributed by atoms with Crippen LogP contribution in [0.2, 0.25) is 0 Å². The van der Waals surface area contributed by atoms with Crippen LogP contribution in [0.3, 0.4) is 0 Å². The first-order valence-electron chi connectivity index (χ1n) is 7.17. The van der Waals surface area contributed by atoms with Gasteiger partial charge in [0, 0.05) is 26.7 Å². The van der Waals surface area contributed by atoms with Crippen molar-refractivity contribution in [2.24, 2.45) is 0 Å². The van der Waals surface area contributed by atoms with Crippen LogP contribution in [0.5, 0.6) is 0 Å². The molecule has 118 valence electrons. The van der Waals surface area contributed by atoms with Crippen LogP contribution < -0.4 is 5.32 Å². The van der Waals surface area contributed by atoms with Crippen LogP contribution >= 0.6 is 11.3 Å². The van der Waals surface area contributed by atoms with Crippen LogP contribution in [-0.4, -0.2) is 59.6 Å². The summed E-state index contributed by atoms with van der Waals surface area (Å²) in [5, 5.41) is 9.27. The second-order valence-corrected chi connectivity index (χ2v) is 6.33. The molecule has 1 amide bonds. The molecule has 1 aliphatic heterocycles. The van der Waals surface area contributed by atoms with Gasteiger partial charge in [-0.15, -0.1) is 11.3 Å². The monoisotopic (exact) mass is 321 g/mol. The number of piperazine rings is 1. The quantitative estimate of drug-likeness (QED) is 0.905. The van der Waals surface area contributed by atoms with E-state index in [9.17, 15) is 4.79 Å². The molecular weight excluding hydrogens is 302 g/mol. The van der Waals surface area contributed by atoms with Gasteiger partial charge < -0.3 is 14.7 Å². The van der Waals surface area contributed by atoms with Crippen molar-refractivity contribution < 1.29 is 9.32 Å². The molecule has 2 aromatic heterocycles. The Kier molecular flexibility index (Phi) is 4.51. The van der Waals surface area contributed by atoms with E-state index in [1.807, 2.05) is 24.6 Å². The van der Waals surface area contributed by atoms with Crippen molar-refractivity contribution in [1.82, 2.24) is 25.3 Å². The second kappa shape index (κ2) is 6.55. The Morgan fingerprint density at radius 2 is 2.50 bits per heavy atom. The third-order valence-corrected chi connectivity index (χ3v) is 4.60. The van der Waals surface area contributed by atoms with E-state index in [1.54, 1.807) is 11.9 Å². The minimum atomic E-state index is -0.0359. The van der Waals surface area contributed by atoms with E-state index < -0.39 is 0 Å². The standard InChI is InChI=1S/C14H19N5O2S/c1-18-6-5-15-8-10(18)13-16-12(21-17-13)9-19(2)14(20)11-4-3-7-22-11/h3-4,7,10,15H,5-6,8-9H2,1-2H3. The highest BCUT2D eigenvalue weighted by Gasteiger charge is 2.25. The number of hydrogen-bond donors (Lipinski definition) is 1. The largest absolute Gasteiger partial charge is 0.337 e. The summed E-state index contributed by atoms with van der Waals surface area (Å²) in [6.45, 7) is 3.04. The summed E-state index contributed by atoms with van der Waals surface area (Å²) in [7, 11) is 3.79. The van der Waals surface area contributed by atoms with Gasteiger partial charge in [-0.3, -0.25) is 9.69 Å². The molecule has 0 aliphatic carbocycles. The average molecular weight is 321 g/mol. The van der Waals surface area contributed by atoms with Gasteiger partial charge in [0.15, 0.2) is 5.82 Å². The van der Waals surface area contributed by atoms with E-state index in [2.05, 4.69) is 20.4 Å². The molecule has 1 fully saturated rings. The van der Waals surface area contributed by atoms with Gasteiger partial charge in [0.2, 0.25) is 5.89 Å². The number of aromatic nitrogens is 2. The van der Waals surface area contributed by atoms with Crippen LogP contribution in [0.4, 0.5) is 0 Å². The summed E-state index contributed by atoms with van der Waals surface area (Å²) < 4.78 is 5.30.